The number of carbonyl (C=O) groups is 1. The summed E-state index contributed by atoms with van der Waals surface area (Å²) in [5.74, 6) is -2.05. The van der Waals surface area contributed by atoms with Gasteiger partial charge in [-0.1, -0.05) is 0 Å². The minimum atomic E-state index is -6.25. The Morgan fingerprint density at radius 2 is 1.59 bits per heavy atom. The third kappa shape index (κ3) is 4.46. The molecule has 0 fully saturated rings. The van der Waals surface area contributed by atoms with Crippen LogP contribution in [-0.4, -0.2) is 44.0 Å². The molecule has 2 rings (SSSR count). The Morgan fingerprint density at radius 1 is 1.03 bits per heavy atom. The average Bonchev–Trinajstić information content (AvgIpc) is 2.57. The molecule has 0 bridgehead atoms. The van der Waals surface area contributed by atoms with Gasteiger partial charge < -0.3 is 0 Å². The van der Waals surface area contributed by atoms with Crippen molar-refractivity contribution < 1.29 is 39.9 Å². The fourth-order valence-electron chi connectivity index (χ4n) is 2.35. The van der Waals surface area contributed by atoms with Gasteiger partial charge in [-0.05, 0) is 0 Å². The average molecular weight is 728 g/mol. The molecule has 0 saturated carbocycles. The first-order valence-corrected chi connectivity index (χ1v) is 10.7. The molecule has 0 heterocycles. The van der Waals surface area contributed by atoms with Gasteiger partial charge in [-0.3, -0.25) is 0 Å². The topological polar surface area (TPSA) is 55.1 Å². The van der Waals surface area contributed by atoms with E-state index in [1.807, 2.05) is 0 Å². The van der Waals surface area contributed by atoms with Gasteiger partial charge in [-0.15, -0.1) is 0 Å². The molecule has 0 aliphatic heterocycles. The molecule has 1 amide bonds. The van der Waals surface area contributed by atoms with Crippen LogP contribution in [-0.2, 0) is 5.67 Å². The fourth-order valence-corrected chi connectivity index (χ4v) is 5.86. The summed E-state index contributed by atoms with van der Waals surface area (Å²) in [4.78, 5) is 12.3. The Balaban J connectivity index is 2.52. The minimum absolute atomic E-state index is 0.125. The zero-order valence-electron chi connectivity index (χ0n) is 13.9. The summed E-state index contributed by atoms with van der Waals surface area (Å²) in [5.41, 5.74) is -2.79. The number of alkyl halides is 7. The van der Waals surface area contributed by atoms with E-state index >= 15 is 0 Å². The first kappa shape index (κ1) is 24.1. The van der Waals surface area contributed by atoms with Gasteiger partial charge in [0.25, 0.3) is 0 Å². The van der Waals surface area contributed by atoms with Crippen LogP contribution in [0.4, 0.5) is 46.5 Å². The zero-order valence-corrected chi connectivity index (χ0v) is 20.5. The fraction of sp³-hybridized carbons (Fsp3) is 0.188. The Labute approximate surface area is 187 Å². The van der Waals surface area contributed by atoms with E-state index in [2.05, 4.69) is 5.32 Å². The molecule has 2 aromatic rings. The van der Waals surface area contributed by atoms with Gasteiger partial charge >= 0.3 is 189 Å². The molecule has 2 aromatic carbocycles. The molecule has 0 unspecified atom stereocenters. The van der Waals surface area contributed by atoms with E-state index in [9.17, 15) is 39.9 Å². The van der Waals surface area contributed by atoms with Crippen molar-refractivity contribution in [2.75, 3.05) is 11.1 Å². The zero-order chi connectivity index (χ0) is 22.4. The molecule has 0 aliphatic carbocycles. The molecule has 0 atom stereocenters. The van der Waals surface area contributed by atoms with Gasteiger partial charge in [0.05, 0.1) is 0 Å². The summed E-state index contributed by atoms with van der Waals surface area (Å²) < 4.78 is 106. The summed E-state index contributed by atoms with van der Waals surface area (Å²) in [6, 6.07) is 4.32. The van der Waals surface area contributed by atoms with E-state index in [4.69, 9.17) is 5.73 Å². The first-order chi connectivity index (χ1) is 13.1. The summed E-state index contributed by atoms with van der Waals surface area (Å²) in [6.45, 7) is 0. The molecule has 3 nitrogen and oxygen atoms in total. The second-order valence-electron chi connectivity index (χ2n) is 5.74. The van der Waals surface area contributed by atoms with Crippen molar-refractivity contribution in [3.05, 3.63) is 50.8 Å². The van der Waals surface area contributed by atoms with Gasteiger partial charge in [0.1, 0.15) is 0 Å². The third-order valence-corrected chi connectivity index (χ3v) is 6.43. The molecule has 0 radical (unpaired) electrons. The molecule has 0 aliphatic rings. The van der Waals surface area contributed by atoms with Crippen LogP contribution < -0.4 is 14.2 Å². The number of nitrogen functional groups attached to an aromatic ring is 1. The summed E-state index contributed by atoms with van der Waals surface area (Å²) in [5, 5.41) is 2.23. The van der Waals surface area contributed by atoms with Crippen LogP contribution in [0.25, 0.3) is 0 Å². The number of hydrogen-bond acceptors (Lipinski definition) is 2. The van der Waals surface area contributed by atoms with Crippen LogP contribution in [0.15, 0.2) is 30.3 Å². The molecule has 0 spiro atoms. The van der Waals surface area contributed by atoms with Crippen molar-refractivity contribution in [3.63, 3.8) is 0 Å². The van der Waals surface area contributed by atoms with Gasteiger partial charge in [-0.2, -0.15) is 0 Å². The summed E-state index contributed by atoms with van der Waals surface area (Å²) in [6.07, 6.45) is -12.5. The number of hydrogen-bond donors (Lipinski definition) is 2. The Kier molecular flexibility index (Phi) is 6.76. The van der Waals surface area contributed by atoms with Crippen molar-refractivity contribution in [2.45, 2.75) is 18.0 Å². The van der Waals surface area contributed by atoms with Crippen LogP contribution in [0.5, 0.6) is 0 Å². The maximum absolute atomic E-state index is 14.3. The van der Waals surface area contributed by atoms with Crippen LogP contribution in [0.3, 0.4) is 0 Å². The van der Waals surface area contributed by atoms with Crippen molar-refractivity contribution >= 4 is 68.8 Å². The van der Waals surface area contributed by atoms with E-state index in [1.165, 1.54) is 34.7 Å². The number of nitrogens with two attached hydrogens (primary N) is 1. The maximum atomic E-state index is 14.3. The number of carbonyl (C=O) groups excluding carboxylic acids is 1. The predicted molar refractivity (Wildman–Crippen MR) is 98.2 cm³/mol. The number of nitrogens with one attached hydrogen (secondary N) is 1. The molecular weight excluding hydrogens is 719 g/mol. The summed E-state index contributed by atoms with van der Waals surface area (Å²) in [7, 11) is 0. The SMILES string of the molecule is Nc1cccc(C(=O)Nc2c(I)cc(C(F)(C(F)(F)F)C(F)(F)F)c[c]2[Tl])c1F. The molecule has 29 heavy (non-hydrogen) atoms. The Morgan fingerprint density at radius 3 is 2.07 bits per heavy atom. The molecule has 0 aromatic heterocycles. The molecule has 3 N–H and O–H groups in total. The van der Waals surface area contributed by atoms with Gasteiger partial charge in [0, 0.05) is 0 Å². The van der Waals surface area contributed by atoms with E-state index in [-0.39, 0.29) is 43.8 Å². The molecule has 0 saturated heterocycles. The van der Waals surface area contributed by atoms with E-state index in [0.717, 1.165) is 6.07 Å². The monoisotopic (exact) mass is 728 g/mol. The molecule has 154 valence electrons. The van der Waals surface area contributed by atoms with Crippen molar-refractivity contribution in [1.29, 1.82) is 0 Å². The first-order valence-electron chi connectivity index (χ1n) is 7.38. The standard InChI is InChI=1S/C16H8F8IN2O.Tl/c17-12-8(2-1-3-10(12)26)13(28)27-11-5-4-7(6-9(11)25)14(18,15(19,20)21)16(22,23)24;/h1-4,6H,26H2,(H,27,28);. The number of rotatable bonds is 3. The van der Waals surface area contributed by atoms with Crippen LogP contribution in [0, 0.1) is 9.39 Å². The van der Waals surface area contributed by atoms with Crippen LogP contribution in [0.2, 0.25) is 0 Å². The number of halogens is 9. The Hall–Kier alpha value is -1.20. The van der Waals surface area contributed by atoms with Crippen molar-refractivity contribution in [2.24, 2.45) is 0 Å². The molecular formula is C16H8F8IN2OTl. The normalized spacial score (nSPS) is 12.7. The van der Waals surface area contributed by atoms with Crippen LogP contribution >= 0.6 is 22.6 Å². The van der Waals surface area contributed by atoms with E-state index in [1.54, 1.807) is 0 Å². The third-order valence-electron chi connectivity index (χ3n) is 3.81. The second kappa shape index (κ2) is 8.15. The Bertz CT molecular complexity index is 924. The van der Waals surface area contributed by atoms with Gasteiger partial charge in [-0.25, -0.2) is 0 Å². The number of anilines is 2. The molecule has 13 heteroatoms. The summed E-state index contributed by atoms with van der Waals surface area (Å²) >= 11 is 0.980. The van der Waals surface area contributed by atoms with E-state index < -0.39 is 40.9 Å². The van der Waals surface area contributed by atoms with E-state index in [0.29, 0.717) is 12.1 Å². The van der Waals surface area contributed by atoms with Crippen LogP contribution in [0.1, 0.15) is 15.9 Å². The quantitative estimate of drug-likeness (QED) is 0.214. The van der Waals surface area contributed by atoms with Gasteiger partial charge in [0.15, 0.2) is 0 Å². The second-order valence-corrected chi connectivity index (χ2v) is 9.32. The number of benzene rings is 2. The number of amides is 1. The van der Waals surface area contributed by atoms with Crippen molar-refractivity contribution in [1.82, 2.24) is 0 Å². The van der Waals surface area contributed by atoms with Gasteiger partial charge in [0.2, 0.25) is 0 Å². The predicted octanol–water partition coefficient (Wildman–Crippen LogP) is 4.35. The van der Waals surface area contributed by atoms with Crippen molar-refractivity contribution in [3.8, 4) is 0 Å².